The maximum Gasteiger partial charge on any atom is 0.332 e. The largest absolute Gasteiger partial charge is 0.350 e. The molecule has 5 heteroatoms. The summed E-state index contributed by atoms with van der Waals surface area (Å²) in [4.78, 5) is 20.2. The molecule has 0 fully saturated rings. The van der Waals surface area contributed by atoms with Gasteiger partial charge in [0.2, 0.25) is 0 Å². The Morgan fingerprint density at radius 2 is 2.30 bits per heavy atom. The summed E-state index contributed by atoms with van der Waals surface area (Å²) in [6, 6.07) is -0.736. The summed E-state index contributed by atoms with van der Waals surface area (Å²) < 4.78 is 0. The van der Waals surface area contributed by atoms with Gasteiger partial charge in [-0.25, -0.2) is 10.2 Å². The Morgan fingerprint density at radius 3 is 2.70 bits per heavy atom. The van der Waals surface area contributed by atoms with Crippen molar-refractivity contribution in [2.75, 3.05) is 0 Å². The van der Waals surface area contributed by atoms with Crippen LogP contribution in [0.2, 0.25) is 0 Å². The molecular weight excluding hydrogens is 134 g/mol. The molecule has 0 bridgehead atoms. The summed E-state index contributed by atoms with van der Waals surface area (Å²) in [5, 5.41) is 3.34. The molecule has 0 aliphatic carbocycles. The lowest BCUT2D eigenvalue weighted by atomic mass is 10.3. The Hall–Kier alpha value is -1.39. The lowest BCUT2D eigenvalue weighted by Gasteiger charge is -1.88. The minimum Gasteiger partial charge on any atom is -0.350 e. The van der Waals surface area contributed by atoms with Crippen molar-refractivity contribution in [3.8, 4) is 0 Å². The summed E-state index contributed by atoms with van der Waals surface area (Å²) >= 11 is 0. The summed E-state index contributed by atoms with van der Waals surface area (Å²) in [7, 11) is 0. The van der Waals surface area contributed by atoms with E-state index in [4.69, 9.17) is 0 Å². The summed E-state index contributed by atoms with van der Waals surface area (Å²) in [5.41, 5.74) is 6.62. The van der Waals surface area contributed by atoms with E-state index in [1.807, 2.05) is 5.43 Å². The molecule has 0 unspecified atom stereocenters. The Bertz CT molecular complexity index is 146. The second kappa shape index (κ2) is 4.49. The molecule has 3 N–H and O–H groups in total. The van der Waals surface area contributed by atoms with Crippen molar-refractivity contribution in [3.05, 3.63) is 0 Å². The number of ketones is 1. The molecule has 0 saturated heterocycles. The van der Waals surface area contributed by atoms with Crippen molar-refractivity contribution >= 4 is 18.0 Å². The number of nitrogens with zero attached hydrogens (tertiary/aromatic N) is 1. The fourth-order valence-corrected chi connectivity index (χ4v) is 0.283. The second-order valence-electron chi connectivity index (χ2n) is 1.69. The molecule has 5 nitrogen and oxygen atoms in total. The molecule has 10 heavy (non-hydrogen) atoms. The van der Waals surface area contributed by atoms with Gasteiger partial charge >= 0.3 is 6.03 Å². The highest BCUT2D eigenvalue weighted by atomic mass is 16.2. The molecule has 0 aromatic carbocycles. The van der Waals surface area contributed by atoms with Crippen LogP contribution in [-0.4, -0.2) is 18.0 Å². The van der Waals surface area contributed by atoms with Crippen LogP contribution in [0.3, 0.4) is 0 Å². The van der Waals surface area contributed by atoms with Gasteiger partial charge in [0.25, 0.3) is 0 Å². The monoisotopic (exact) mass is 143 g/mol. The third-order valence-electron chi connectivity index (χ3n) is 0.645. The number of rotatable bonds is 3. The first-order valence-electron chi connectivity index (χ1n) is 2.69. The van der Waals surface area contributed by atoms with Gasteiger partial charge in [-0.15, -0.1) is 0 Å². The van der Waals surface area contributed by atoms with Crippen LogP contribution in [0.1, 0.15) is 13.3 Å². The maximum atomic E-state index is 10.3. The molecule has 0 rings (SSSR count). The van der Waals surface area contributed by atoms with Crippen molar-refractivity contribution in [3.63, 3.8) is 0 Å². The molecule has 2 amide bonds. The normalized spacial score (nSPS) is 9.70. The highest BCUT2D eigenvalue weighted by Gasteiger charge is 1.87. The van der Waals surface area contributed by atoms with E-state index in [-0.39, 0.29) is 12.2 Å². The second-order valence-corrected chi connectivity index (χ2v) is 1.69. The fraction of sp³-hybridized carbons (Fsp3) is 0.400. The molecule has 0 aliphatic rings. The SMILES string of the molecule is CC(=O)CC=NNC(N)=O. The van der Waals surface area contributed by atoms with Crippen LogP contribution in [0, 0.1) is 0 Å². The number of amides is 2. The van der Waals surface area contributed by atoms with E-state index in [0.717, 1.165) is 0 Å². The predicted octanol–water partition coefficient (Wildman–Crippen LogP) is -0.380. The highest BCUT2D eigenvalue weighted by molar-refractivity contribution is 5.89. The number of nitrogens with two attached hydrogens (primary N) is 1. The Kier molecular flexibility index (Phi) is 3.86. The predicted molar refractivity (Wildman–Crippen MR) is 36.5 cm³/mol. The third kappa shape index (κ3) is 6.61. The summed E-state index contributed by atoms with van der Waals surface area (Å²) in [6.45, 7) is 1.43. The van der Waals surface area contributed by atoms with Crippen LogP contribution in [0.4, 0.5) is 4.79 Å². The van der Waals surface area contributed by atoms with Gasteiger partial charge < -0.3 is 5.73 Å². The minimum atomic E-state index is -0.736. The number of carbonyl (C=O) groups excluding carboxylic acids is 2. The van der Waals surface area contributed by atoms with Crippen LogP contribution < -0.4 is 11.2 Å². The van der Waals surface area contributed by atoms with Crippen LogP contribution in [0.25, 0.3) is 0 Å². The van der Waals surface area contributed by atoms with E-state index in [2.05, 4.69) is 10.8 Å². The van der Waals surface area contributed by atoms with E-state index < -0.39 is 6.03 Å². The Balaban J connectivity index is 3.38. The number of hydrogen-bond acceptors (Lipinski definition) is 3. The van der Waals surface area contributed by atoms with Crippen molar-refractivity contribution in [1.29, 1.82) is 0 Å². The molecule has 0 saturated carbocycles. The number of nitrogens with one attached hydrogen (secondary N) is 1. The third-order valence-corrected chi connectivity index (χ3v) is 0.645. The number of urea groups is 1. The van der Waals surface area contributed by atoms with Gasteiger partial charge in [0.1, 0.15) is 5.78 Å². The first-order valence-corrected chi connectivity index (χ1v) is 2.69. The van der Waals surface area contributed by atoms with Gasteiger partial charge in [0.05, 0.1) is 0 Å². The number of hydrazone groups is 1. The topological polar surface area (TPSA) is 84.6 Å². The van der Waals surface area contributed by atoms with Crippen molar-refractivity contribution < 1.29 is 9.59 Å². The first kappa shape index (κ1) is 8.61. The summed E-state index contributed by atoms with van der Waals surface area (Å²) in [5.74, 6) is -0.0185. The molecule has 0 spiro atoms. The van der Waals surface area contributed by atoms with Crippen molar-refractivity contribution in [2.24, 2.45) is 10.8 Å². The Morgan fingerprint density at radius 1 is 1.70 bits per heavy atom. The lowest BCUT2D eigenvalue weighted by Crippen LogP contribution is -2.24. The minimum absolute atomic E-state index is 0.0185. The average Bonchev–Trinajstić information content (AvgIpc) is 1.79. The molecule has 0 atom stereocenters. The van der Waals surface area contributed by atoms with Crippen molar-refractivity contribution in [2.45, 2.75) is 13.3 Å². The van der Waals surface area contributed by atoms with Crippen LogP contribution in [-0.2, 0) is 4.79 Å². The van der Waals surface area contributed by atoms with E-state index in [1.54, 1.807) is 0 Å². The van der Waals surface area contributed by atoms with Gasteiger partial charge in [-0.05, 0) is 6.92 Å². The fourth-order valence-electron chi connectivity index (χ4n) is 0.283. The van der Waals surface area contributed by atoms with E-state index in [1.165, 1.54) is 13.1 Å². The van der Waals surface area contributed by atoms with Gasteiger partial charge in [-0.3, -0.25) is 4.79 Å². The maximum absolute atomic E-state index is 10.3. The molecule has 56 valence electrons. The smallest absolute Gasteiger partial charge is 0.332 e. The number of primary amides is 1. The summed E-state index contributed by atoms with van der Waals surface area (Å²) in [6.07, 6.45) is 1.49. The quantitative estimate of drug-likeness (QED) is 0.417. The molecule has 0 heterocycles. The van der Waals surface area contributed by atoms with Crippen molar-refractivity contribution in [1.82, 2.24) is 5.43 Å². The van der Waals surface area contributed by atoms with Crippen LogP contribution in [0.5, 0.6) is 0 Å². The van der Waals surface area contributed by atoms with E-state index in [9.17, 15) is 9.59 Å². The van der Waals surface area contributed by atoms with Crippen LogP contribution in [0.15, 0.2) is 5.10 Å². The zero-order valence-corrected chi connectivity index (χ0v) is 5.63. The zero-order chi connectivity index (χ0) is 7.98. The first-order chi connectivity index (χ1) is 4.63. The molecule has 0 aliphatic heterocycles. The number of hydrogen-bond donors (Lipinski definition) is 2. The molecular formula is C5H9N3O2. The zero-order valence-electron chi connectivity index (χ0n) is 5.63. The van der Waals surface area contributed by atoms with Gasteiger partial charge in [0.15, 0.2) is 0 Å². The highest BCUT2D eigenvalue weighted by Crippen LogP contribution is 1.73. The average molecular weight is 143 g/mol. The Labute approximate surface area is 58.3 Å². The lowest BCUT2D eigenvalue weighted by molar-refractivity contribution is -0.115. The standard InChI is InChI=1S/C5H9N3O2/c1-4(9)2-3-7-8-5(6)10/h3H,2H2,1H3,(H3,6,8,10). The molecule has 0 aromatic rings. The number of Topliss-reactive ketones (excluding diaryl/α,β-unsaturated/α-hetero) is 1. The number of carbonyl (C=O) groups is 2. The van der Waals surface area contributed by atoms with E-state index >= 15 is 0 Å². The van der Waals surface area contributed by atoms with Gasteiger partial charge in [-0.1, -0.05) is 0 Å². The van der Waals surface area contributed by atoms with Gasteiger partial charge in [0, 0.05) is 12.6 Å². The molecule has 0 radical (unpaired) electrons. The molecule has 0 aromatic heterocycles. The van der Waals surface area contributed by atoms with E-state index in [0.29, 0.717) is 0 Å². The van der Waals surface area contributed by atoms with Gasteiger partial charge in [-0.2, -0.15) is 5.10 Å². The van der Waals surface area contributed by atoms with Crippen LogP contribution >= 0.6 is 0 Å².